The van der Waals surface area contributed by atoms with Gasteiger partial charge in [-0.25, -0.2) is 0 Å². The third-order valence-electron chi connectivity index (χ3n) is 4.13. The highest BCUT2D eigenvalue weighted by atomic mass is 35.5. The second-order valence-corrected chi connectivity index (χ2v) is 5.64. The van der Waals surface area contributed by atoms with Crippen LogP contribution in [0, 0.1) is 6.92 Å². The Hall–Kier alpha value is -1.84. The lowest BCUT2D eigenvalue weighted by Gasteiger charge is -2.29. The number of rotatable bonds is 2. The van der Waals surface area contributed by atoms with Crippen LogP contribution in [-0.2, 0) is 17.8 Å². The highest BCUT2D eigenvalue weighted by molar-refractivity contribution is 5.97. The summed E-state index contributed by atoms with van der Waals surface area (Å²) in [7, 11) is 1.84. The van der Waals surface area contributed by atoms with Crippen molar-refractivity contribution >= 4 is 24.0 Å². The molecule has 2 aromatic rings. The lowest BCUT2D eigenvalue weighted by Crippen LogP contribution is -2.48. The second-order valence-electron chi connectivity index (χ2n) is 5.64. The van der Waals surface area contributed by atoms with Gasteiger partial charge in [-0.3, -0.25) is 4.79 Å². The molecule has 116 valence electrons. The average Bonchev–Trinajstić information content (AvgIpc) is 2.54. The summed E-state index contributed by atoms with van der Waals surface area (Å²) in [4.78, 5) is 14.4. The molecule has 0 radical (unpaired) electrons. The third-order valence-corrected chi connectivity index (χ3v) is 4.13. The van der Waals surface area contributed by atoms with Gasteiger partial charge >= 0.3 is 0 Å². The molecule has 1 N–H and O–H groups in total. The number of aryl methyl sites for hydroxylation is 1. The monoisotopic (exact) mass is 316 g/mol. The van der Waals surface area contributed by atoms with E-state index in [1.807, 2.05) is 50.4 Å². The zero-order valence-corrected chi connectivity index (χ0v) is 13.7. The van der Waals surface area contributed by atoms with Gasteiger partial charge in [0.1, 0.15) is 0 Å². The molecular formula is C18H21ClN2O. The van der Waals surface area contributed by atoms with Crippen LogP contribution in [0.5, 0.6) is 0 Å². The van der Waals surface area contributed by atoms with Crippen molar-refractivity contribution in [3.05, 3.63) is 65.2 Å². The second kappa shape index (κ2) is 6.95. The summed E-state index contributed by atoms with van der Waals surface area (Å²) in [5, 5.41) is 3.35. The molecular weight excluding hydrogens is 296 g/mol. The number of fused-ring (bicyclic) bond motifs is 1. The molecule has 0 fully saturated rings. The number of likely N-dealkylation sites (N-methyl/N-ethyl adjacent to an activating group) is 1. The fraction of sp³-hybridized carbons (Fsp3) is 0.278. The van der Waals surface area contributed by atoms with Crippen LogP contribution in [-0.4, -0.2) is 19.0 Å². The molecule has 4 heteroatoms. The Morgan fingerprint density at radius 3 is 2.41 bits per heavy atom. The van der Waals surface area contributed by atoms with Crippen LogP contribution in [0.3, 0.4) is 0 Å². The Kier molecular flexibility index (Phi) is 5.22. The highest BCUT2D eigenvalue weighted by Gasteiger charge is 2.26. The van der Waals surface area contributed by atoms with E-state index in [0.717, 1.165) is 18.7 Å². The summed E-state index contributed by atoms with van der Waals surface area (Å²) in [5.41, 5.74) is 4.70. The van der Waals surface area contributed by atoms with E-state index >= 15 is 0 Å². The van der Waals surface area contributed by atoms with E-state index in [1.165, 1.54) is 16.7 Å². The molecule has 3 nitrogen and oxygen atoms in total. The molecule has 1 atom stereocenters. The summed E-state index contributed by atoms with van der Waals surface area (Å²) >= 11 is 0. The number of amides is 1. The van der Waals surface area contributed by atoms with Crippen molar-refractivity contribution in [1.82, 2.24) is 5.32 Å². The summed E-state index contributed by atoms with van der Waals surface area (Å²) in [6, 6.07) is 16.2. The van der Waals surface area contributed by atoms with Gasteiger partial charge in [-0.2, -0.15) is 0 Å². The van der Waals surface area contributed by atoms with Crippen LogP contribution >= 0.6 is 12.4 Å². The minimum absolute atomic E-state index is 0. The molecule has 2 aromatic carbocycles. The topological polar surface area (TPSA) is 32.3 Å². The van der Waals surface area contributed by atoms with Crippen molar-refractivity contribution in [3.8, 4) is 0 Å². The predicted octanol–water partition coefficient (Wildman–Crippen LogP) is 3.09. The van der Waals surface area contributed by atoms with Gasteiger partial charge in [-0.1, -0.05) is 42.0 Å². The molecule has 0 saturated heterocycles. The number of carbonyl (C=O) groups excluding carboxylic acids is 1. The molecule has 1 heterocycles. The van der Waals surface area contributed by atoms with Gasteiger partial charge in [-0.15, -0.1) is 12.4 Å². The molecule has 1 aliphatic heterocycles. The third kappa shape index (κ3) is 3.32. The number of carbonyl (C=O) groups is 1. The van der Waals surface area contributed by atoms with Crippen LogP contribution in [0.4, 0.5) is 5.69 Å². The molecule has 0 aromatic heterocycles. The smallest absolute Gasteiger partial charge is 0.244 e. The van der Waals surface area contributed by atoms with Crippen molar-refractivity contribution in [2.24, 2.45) is 0 Å². The lowest BCUT2D eigenvalue weighted by molar-refractivity contribution is -0.120. The molecule has 0 bridgehead atoms. The van der Waals surface area contributed by atoms with E-state index in [-0.39, 0.29) is 24.4 Å². The summed E-state index contributed by atoms with van der Waals surface area (Å²) in [5.74, 6) is 0.119. The number of hydrogen-bond donors (Lipinski definition) is 1. The number of halogens is 1. The quantitative estimate of drug-likeness (QED) is 0.923. The van der Waals surface area contributed by atoms with E-state index < -0.39 is 0 Å². The molecule has 1 amide bonds. The Morgan fingerprint density at radius 1 is 1.09 bits per heavy atom. The Balaban J connectivity index is 0.00000176. The van der Waals surface area contributed by atoms with Crippen LogP contribution in [0.15, 0.2) is 48.5 Å². The van der Waals surface area contributed by atoms with Gasteiger partial charge < -0.3 is 10.2 Å². The minimum atomic E-state index is -0.147. The van der Waals surface area contributed by atoms with Crippen molar-refractivity contribution in [3.63, 3.8) is 0 Å². The normalized spacial score (nSPS) is 16.4. The maximum Gasteiger partial charge on any atom is 0.244 e. The maximum absolute atomic E-state index is 12.7. The fourth-order valence-electron chi connectivity index (χ4n) is 2.76. The molecule has 22 heavy (non-hydrogen) atoms. The lowest BCUT2D eigenvalue weighted by atomic mass is 9.95. The molecule has 0 saturated carbocycles. The van der Waals surface area contributed by atoms with E-state index in [1.54, 1.807) is 4.90 Å². The molecule has 1 unspecified atom stereocenters. The van der Waals surface area contributed by atoms with E-state index in [9.17, 15) is 4.79 Å². The fourth-order valence-corrected chi connectivity index (χ4v) is 2.76. The first-order valence-electron chi connectivity index (χ1n) is 7.29. The Morgan fingerprint density at radius 2 is 1.73 bits per heavy atom. The highest BCUT2D eigenvalue weighted by Crippen LogP contribution is 2.20. The number of anilines is 1. The Bertz CT molecular complexity index is 654. The first-order chi connectivity index (χ1) is 10.1. The summed E-state index contributed by atoms with van der Waals surface area (Å²) < 4.78 is 0. The zero-order chi connectivity index (χ0) is 14.8. The van der Waals surface area contributed by atoms with E-state index in [2.05, 4.69) is 17.4 Å². The van der Waals surface area contributed by atoms with Gasteiger partial charge in [0.05, 0.1) is 6.04 Å². The molecule has 0 aliphatic carbocycles. The molecule has 3 rings (SSSR count). The van der Waals surface area contributed by atoms with E-state index in [0.29, 0.717) is 0 Å². The van der Waals surface area contributed by atoms with Gasteiger partial charge in [0.2, 0.25) is 5.91 Å². The van der Waals surface area contributed by atoms with Gasteiger partial charge in [0.25, 0.3) is 0 Å². The minimum Gasteiger partial charge on any atom is -0.314 e. The molecule has 1 aliphatic rings. The van der Waals surface area contributed by atoms with Crippen LogP contribution in [0.1, 0.15) is 16.7 Å². The number of benzene rings is 2. The van der Waals surface area contributed by atoms with Crippen molar-refractivity contribution in [2.45, 2.75) is 25.9 Å². The maximum atomic E-state index is 12.7. The SMILES string of the molecule is Cc1ccc(N(C)C(=O)C2Cc3ccccc3CN2)cc1.Cl. The number of hydrogen-bond acceptors (Lipinski definition) is 2. The van der Waals surface area contributed by atoms with Gasteiger partial charge in [0, 0.05) is 19.3 Å². The number of nitrogens with one attached hydrogen (secondary N) is 1. The van der Waals surface area contributed by atoms with Crippen LogP contribution < -0.4 is 10.2 Å². The number of nitrogens with zero attached hydrogens (tertiary/aromatic N) is 1. The summed E-state index contributed by atoms with van der Waals surface area (Å²) in [6.07, 6.45) is 0.755. The first kappa shape index (κ1) is 16.5. The van der Waals surface area contributed by atoms with Crippen LogP contribution in [0.2, 0.25) is 0 Å². The standard InChI is InChI=1S/C18H20N2O.ClH/c1-13-7-9-16(10-8-13)20(2)18(21)17-11-14-5-3-4-6-15(14)12-19-17;/h3-10,17,19H,11-12H2,1-2H3;1H. The summed E-state index contributed by atoms with van der Waals surface area (Å²) in [6.45, 7) is 2.81. The largest absolute Gasteiger partial charge is 0.314 e. The zero-order valence-electron chi connectivity index (χ0n) is 12.9. The first-order valence-corrected chi connectivity index (χ1v) is 7.29. The Labute approximate surface area is 137 Å². The van der Waals surface area contributed by atoms with Crippen molar-refractivity contribution in [2.75, 3.05) is 11.9 Å². The van der Waals surface area contributed by atoms with Crippen molar-refractivity contribution in [1.29, 1.82) is 0 Å². The van der Waals surface area contributed by atoms with E-state index in [4.69, 9.17) is 0 Å². The predicted molar refractivity (Wildman–Crippen MR) is 92.6 cm³/mol. The van der Waals surface area contributed by atoms with Gasteiger partial charge in [-0.05, 0) is 36.6 Å². The van der Waals surface area contributed by atoms with Crippen molar-refractivity contribution < 1.29 is 4.79 Å². The van der Waals surface area contributed by atoms with Gasteiger partial charge in [0.15, 0.2) is 0 Å². The van der Waals surface area contributed by atoms with Crippen LogP contribution in [0.25, 0.3) is 0 Å². The molecule has 0 spiro atoms. The average molecular weight is 317 g/mol.